The van der Waals surface area contributed by atoms with Crippen molar-refractivity contribution in [2.24, 2.45) is 0 Å². The Morgan fingerprint density at radius 2 is 2.06 bits per heavy atom. The predicted octanol–water partition coefficient (Wildman–Crippen LogP) is 1.56. The highest BCUT2D eigenvalue weighted by molar-refractivity contribution is 5.77. The molecular weight excluding hydrogens is 202 g/mol. The van der Waals surface area contributed by atoms with E-state index in [1.165, 1.54) is 0 Å². The predicted molar refractivity (Wildman–Crippen MR) is 61.7 cm³/mol. The molecule has 1 aromatic carbocycles. The summed E-state index contributed by atoms with van der Waals surface area (Å²) < 4.78 is 0. The maximum Gasteiger partial charge on any atom is 0.223 e. The fraction of sp³-hybridized carbons (Fsp3) is 0.462. The second-order valence-electron chi connectivity index (χ2n) is 4.24. The number of aliphatic hydroxyl groups is 1. The molecule has 3 heteroatoms. The molecule has 0 saturated carbocycles. The van der Waals surface area contributed by atoms with Crippen LogP contribution in [-0.2, 0) is 11.3 Å². The Morgan fingerprint density at radius 3 is 2.75 bits per heavy atom. The minimum absolute atomic E-state index is 0.00135. The molecule has 86 valence electrons. The lowest BCUT2D eigenvalue weighted by Crippen LogP contribution is -2.44. The summed E-state index contributed by atoms with van der Waals surface area (Å²) in [7, 11) is 0. The van der Waals surface area contributed by atoms with Crippen LogP contribution in [0.3, 0.4) is 0 Å². The first-order valence-electron chi connectivity index (χ1n) is 5.75. The number of nitrogens with zero attached hydrogens (tertiary/aromatic N) is 1. The number of amides is 1. The van der Waals surface area contributed by atoms with Gasteiger partial charge in [-0.25, -0.2) is 0 Å². The number of benzene rings is 1. The SMILES string of the molecule is O=C1CCCC(CO)N1Cc1ccccc1. The van der Waals surface area contributed by atoms with Gasteiger partial charge in [-0.05, 0) is 18.4 Å². The molecule has 1 aliphatic heterocycles. The molecule has 0 spiro atoms. The van der Waals surface area contributed by atoms with Crippen LogP contribution in [-0.4, -0.2) is 28.6 Å². The molecule has 1 unspecified atom stereocenters. The van der Waals surface area contributed by atoms with E-state index in [2.05, 4.69) is 0 Å². The molecule has 1 aliphatic rings. The zero-order valence-corrected chi connectivity index (χ0v) is 9.30. The average molecular weight is 219 g/mol. The van der Waals surface area contributed by atoms with Gasteiger partial charge >= 0.3 is 0 Å². The minimum atomic E-state index is 0.00135. The fourth-order valence-corrected chi connectivity index (χ4v) is 2.18. The van der Waals surface area contributed by atoms with Gasteiger partial charge in [0.1, 0.15) is 0 Å². The van der Waals surface area contributed by atoms with Gasteiger partial charge in [0.2, 0.25) is 5.91 Å². The summed E-state index contributed by atoms with van der Waals surface area (Å²) in [5.41, 5.74) is 1.12. The molecule has 1 atom stereocenters. The third-order valence-corrected chi connectivity index (χ3v) is 3.10. The molecule has 0 aromatic heterocycles. The molecule has 0 bridgehead atoms. The summed E-state index contributed by atoms with van der Waals surface area (Å²) in [6, 6.07) is 9.93. The van der Waals surface area contributed by atoms with Crippen LogP contribution in [0.1, 0.15) is 24.8 Å². The molecule has 2 rings (SSSR count). The molecule has 0 aliphatic carbocycles. The van der Waals surface area contributed by atoms with Gasteiger partial charge in [-0.3, -0.25) is 4.79 Å². The van der Waals surface area contributed by atoms with Gasteiger partial charge in [0, 0.05) is 13.0 Å². The standard InChI is InChI=1S/C13H17NO2/c15-10-12-7-4-8-13(16)14(12)9-11-5-2-1-3-6-11/h1-3,5-6,12,15H,4,7-10H2. The van der Waals surface area contributed by atoms with Crippen molar-refractivity contribution in [2.45, 2.75) is 31.8 Å². The van der Waals surface area contributed by atoms with Crippen LogP contribution in [0.2, 0.25) is 0 Å². The van der Waals surface area contributed by atoms with E-state index in [-0.39, 0.29) is 18.6 Å². The van der Waals surface area contributed by atoms with Crippen molar-refractivity contribution >= 4 is 5.91 Å². The van der Waals surface area contributed by atoms with Crippen molar-refractivity contribution in [3.8, 4) is 0 Å². The van der Waals surface area contributed by atoms with E-state index < -0.39 is 0 Å². The van der Waals surface area contributed by atoms with Crippen molar-refractivity contribution in [1.29, 1.82) is 0 Å². The molecule has 1 amide bonds. The fourth-order valence-electron chi connectivity index (χ4n) is 2.18. The van der Waals surface area contributed by atoms with Gasteiger partial charge in [0.25, 0.3) is 0 Å². The topological polar surface area (TPSA) is 40.5 Å². The Hall–Kier alpha value is -1.35. The van der Waals surface area contributed by atoms with E-state index in [0.717, 1.165) is 18.4 Å². The second-order valence-corrected chi connectivity index (χ2v) is 4.24. The molecule has 1 saturated heterocycles. The monoisotopic (exact) mass is 219 g/mol. The molecule has 1 fully saturated rings. The van der Waals surface area contributed by atoms with Gasteiger partial charge < -0.3 is 10.0 Å². The van der Waals surface area contributed by atoms with E-state index in [9.17, 15) is 9.90 Å². The van der Waals surface area contributed by atoms with E-state index in [4.69, 9.17) is 0 Å². The van der Waals surface area contributed by atoms with Gasteiger partial charge in [-0.15, -0.1) is 0 Å². The summed E-state index contributed by atoms with van der Waals surface area (Å²) in [4.78, 5) is 13.6. The van der Waals surface area contributed by atoms with Crippen molar-refractivity contribution in [1.82, 2.24) is 4.90 Å². The van der Waals surface area contributed by atoms with Crippen LogP contribution in [0, 0.1) is 0 Å². The molecule has 0 radical (unpaired) electrons. The molecule has 1 heterocycles. The van der Waals surface area contributed by atoms with Crippen LogP contribution >= 0.6 is 0 Å². The first-order chi connectivity index (χ1) is 7.81. The lowest BCUT2D eigenvalue weighted by molar-refractivity contribution is -0.138. The highest BCUT2D eigenvalue weighted by atomic mass is 16.3. The number of hydrogen-bond acceptors (Lipinski definition) is 2. The lowest BCUT2D eigenvalue weighted by atomic mass is 10.0. The number of carbonyl (C=O) groups excluding carboxylic acids is 1. The third-order valence-electron chi connectivity index (χ3n) is 3.10. The van der Waals surface area contributed by atoms with Crippen LogP contribution in [0.4, 0.5) is 0 Å². The quantitative estimate of drug-likeness (QED) is 0.838. The highest BCUT2D eigenvalue weighted by Gasteiger charge is 2.27. The largest absolute Gasteiger partial charge is 0.394 e. The van der Waals surface area contributed by atoms with Crippen LogP contribution in [0.5, 0.6) is 0 Å². The zero-order valence-electron chi connectivity index (χ0n) is 9.30. The zero-order chi connectivity index (χ0) is 11.4. The van der Waals surface area contributed by atoms with E-state index in [0.29, 0.717) is 13.0 Å². The van der Waals surface area contributed by atoms with Gasteiger partial charge in [-0.1, -0.05) is 30.3 Å². The number of aliphatic hydroxyl groups excluding tert-OH is 1. The number of carbonyl (C=O) groups is 1. The summed E-state index contributed by atoms with van der Waals surface area (Å²) in [5.74, 6) is 0.161. The first kappa shape index (κ1) is 11.1. The van der Waals surface area contributed by atoms with Crippen molar-refractivity contribution in [3.63, 3.8) is 0 Å². The summed E-state index contributed by atoms with van der Waals surface area (Å²) in [5, 5.41) is 9.26. The van der Waals surface area contributed by atoms with E-state index in [1.807, 2.05) is 30.3 Å². The molecule has 3 nitrogen and oxygen atoms in total. The van der Waals surface area contributed by atoms with Gasteiger partial charge in [0.05, 0.1) is 12.6 Å². The summed E-state index contributed by atoms with van der Waals surface area (Å²) in [6.07, 6.45) is 2.42. The molecule has 1 N–H and O–H groups in total. The molecular formula is C13H17NO2. The van der Waals surface area contributed by atoms with Crippen molar-refractivity contribution in [3.05, 3.63) is 35.9 Å². The first-order valence-corrected chi connectivity index (χ1v) is 5.75. The average Bonchev–Trinajstić information content (AvgIpc) is 2.33. The van der Waals surface area contributed by atoms with Crippen LogP contribution in [0.25, 0.3) is 0 Å². The Morgan fingerprint density at radius 1 is 1.31 bits per heavy atom. The van der Waals surface area contributed by atoms with Crippen LogP contribution in [0.15, 0.2) is 30.3 Å². The number of likely N-dealkylation sites (tertiary alicyclic amines) is 1. The molecule has 16 heavy (non-hydrogen) atoms. The number of piperidine rings is 1. The smallest absolute Gasteiger partial charge is 0.223 e. The highest BCUT2D eigenvalue weighted by Crippen LogP contribution is 2.20. The maximum absolute atomic E-state index is 11.8. The van der Waals surface area contributed by atoms with Crippen LogP contribution < -0.4 is 0 Å². The van der Waals surface area contributed by atoms with Crippen molar-refractivity contribution in [2.75, 3.05) is 6.61 Å². The molecule has 1 aromatic rings. The Bertz CT molecular complexity index is 350. The Kier molecular flexibility index (Phi) is 3.57. The third kappa shape index (κ3) is 2.42. The second kappa shape index (κ2) is 5.12. The number of rotatable bonds is 3. The van der Waals surface area contributed by atoms with Crippen molar-refractivity contribution < 1.29 is 9.90 Å². The Balaban J connectivity index is 2.08. The van der Waals surface area contributed by atoms with E-state index in [1.54, 1.807) is 4.90 Å². The summed E-state index contributed by atoms with van der Waals surface area (Å²) in [6.45, 7) is 0.684. The minimum Gasteiger partial charge on any atom is -0.394 e. The normalized spacial score (nSPS) is 21.2. The van der Waals surface area contributed by atoms with Gasteiger partial charge in [0.15, 0.2) is 0 Å². The lowest BCUT2D eigenvalue weighted by Gasteiger charge is -2.34. The van der Waals surface area contributed by atoms with E-state index >= 15 is 0 Å². The van der Waals surface area contributed by atoms with Gasteiger partial charge in [-0.2, -0.15) is 0 Å². The number of hydrogen-bond donors (Lipinski definition) is 1. The summed E-state index contributed by atoms with van der Waals surface area (Å²) >= 11 is 0. The maximum atomic E-state index is 11.8. The Labute approximate surface area is 95.7 Å².